The van der Waals surface area contributed by atoms with Crippen molar-refractivity contribution in [1.82, 2.24) is 19.7 Å². The molecule has 0 radical (unpaired) electrons. The molecule has 1 aromatic heterocycles. The number of aryl methyl sites for hydroxylation is 1. The van der Waals surface area contributed by atoms with E-state index in [1.807, 2.05) is 38.1 Å². The molecule has 27 heavy (non-hydrogen) atoms. The lowest BCUT2D eigenvalue weighted by molar-refractivity contribution is -0.132. The van der Waals surface area contributed by atoms with Gasteiger partial charge in [-0.1, -0.05) is 36.4 Å². The summed E-state index contributed by atoms with van der Waals surface area (Å²) in [5, 5.41) is 9.15. The monoisotopic (exact) mass is 391 g/mol. The minimum atomic E-state index is -0.479. The molecule has 0 unspecified atom stereocenters. The Kier molecular flexibility index (Phi) is 7.23. The molecule has 0 saturated carbocycles. The molecule has 0 fully saturated rings. The number of aromatic nitrogens is 3. The van der Waals surface area contributed by atoms with E-state index in [0.717, 1.165) is 12.0 Å². The number of carbonyl (C=O) groups is 2. The minimum absolute atomic E-state index is 0.0556. The van der Waals surface area contributed by atoms with Crippen LogP contribution in [0.4, 0.5) is 5.69 Å². The zero-order chi connectivity index (χ0) is 20.0. The standard InChI is InChI=1S/C18H25N5O3S/c1-5-10-23-17(26)20-21-18(23)27-13(3)16(25)22(4)11-15(24)19-14-8-6-12(2)7-9-14/h6-9,13H,5,10-11H2,1-4H3,(H,19,24)(H,20,26)/t13-/m0/s1. The van der Waals surface area contributed by atoms with Crippen LogP contribution in [0.3, 0.4) is 0 Å². The van der Waals surface area contributed by atoms with Crippen LogP contribution in [-0.2, 0) is 16.1 Å². The van der Waals surface area contributed by atoms with Crippen molar-refractivity contribution in [2.45, 2.75) is 44.1 Å². The SMILES string of the molecule is CCCn1c(S[C@@H](C)C(=O)N(C)CC(=O)Nc2ccc(C)cc2)n[nH]c1=O. The van der Waals surface area contributed by atoms with Gasteiger partial charge in [0.15, 0.2) is 5.16 Å². The number of nitrogens with zero attached hydrogens (tertiary/aromatic N) is 3. The van der Waals surface area contributed by atoms with E-state index in [1.165, 1.54) is 21.2 Å². The van der Waals surface area contributed by atoms with Crippen LogP contribution in [0.25, 0.3) is 0 Å². The van der Waals surface area contributed by atoms with Gasteiger partial charge in [0, 0.05) is 19.3 Å². The molecule has 0 aliphatic carbocycles. The molecule has 8 nitrogen and oxygen atoms in total. The predicted octanol–water partition coefficient (Wildman–Crippen LogP) is 1.87. The molecule has 1 heterocycles. The molecule has 2 aromatic rings. The number of amides is 2. The predicted molar refractivity (Wildman–Crippen MR) is 106 cm³/mol. The maximum Gasteiger partial charge on any atom is 0.343 e. The van der Waals surface area contributed by atoms with Gasteiger partial charge >= 0.3 is 5.69 Å². The Bertz CT molecular complexity index is 843. The van der Waals surface area contributed by atoms with Gasteiger partial charge in [-0.05, 0) is 32.4 Å². The highest BCUT2D eigenvalue weighted by molar-refractivity contribution is 8.00. The topological polar surface area (TPSA) is 100 Å². The quantitative estimate of drug-likeness (QED) is 0.669. The smallest absolute Gasteiger partial charge is 0.335 e. The third-order valence-corrected chi connectivity index (χ3v) is 4.97. The van der Waals surface area contributed by atoms with Crippen molar-refractivity contribution in [2.75, 3.05) is 18.9 Å². The van der Waals surface area contributed by atoms with Crippen LogP contribution in [0.1, 0.15) is 25.8 Å². The largest absolute Gasteiger partial charge is 0.343 e. The molecule has 0 bridgehead atoms. The molecular weight excluding hydrogens is 366 g/mol. The van der Waals surface area contributed by atoms with Crippen molar-refractivity contribution >= 4 is 29.3 Å². The second kappa shape index (κ2) is 9.40. The molecule has 1 aromatic carbocycles. The summed E-state index contributed by atoms with van der Waals surface area (Å²) in [7, 11) is 1.58. The number of carbonyl (C=O) groups excluding carboxylic acids is 2. The second-order valence-electron chi connectivity index (χ2n) is 6.33. The number of hydrogen-bond donors (Lipinski definition) is 2. The molecular formula is C18H25N5O3S. The molecule has 2 N–H and O–H groups in total. The van der Waals surface area contributed by atoms with Gasteiger partial charge < -0.3 is 10.2 Å². The lowest BCUT2D eigenvalue weighted by atomic mass is 10.2. The summed E-state index contributed by atoms with van der Waals surface area (Å²) in [6.07, 6.45) is 0.786. The van der Waals surface area contributed by atoms with Crippen molar-refractivity contribution in [2.24, 2.45) is 0 Å². The van der Waals surface area contributed by atoms with Gasteiger partial charge in [0.25, 0.3) is 0 Å². The molecule has 2 rings (SSSR count). The maximum absolute atomic E-state index is 12.6. The Balaban J connectivity index is 1.92. The van der Waals surface area contributed by atoms with Gasteiger partial charge in [-0.25, -0.2) is 9.89 Å². The maximum atomic E-state index is 12.6. The lowest BCUT2D eigenvalue weighted by Gasteiger charge is -2.20. The molecule has 9 heteroatoms. The number of rotatable bonds is 8. The normalized spacial score (nSPS) is 11.9. The molecule has 1 atom stereocenters. The number of likely N-dealkylation sites (N-methyl/N-ethyl adjacent to an activating group) is 1. The first-order valence-electron chi connectivity index (χ1n) is 8.75. The molecule has 0 aliphatic heterocycles. The Morgan fingerprint density at radius 2 is 2.00 bits per heavy atom. The zero-order valence-electron chi connectivity index (χ0n) is 16.0. The summed E-state index contributed by atoms with van der Waals surface area (Å²) < 4.78 is 1.51. The van der Waals surface area contributed by atoms with E-state index >= 15 is 0 Å². The number of benzene rings is 1. The van der Waals surface area contributed by atoms with Gasteiger partial charge in [-0.15, -0.1) is 5.10 Å². The van der Waals surface area contributed by atoms with Gasteiger partial charge in [-0.3, -0.25) is 14.2 Å². The summed E-state index contributed by atoms with van der Waals surface area (Å²) in [5.74, 6) is -0.480. The van der Waals surface area contributed by atoms with E-state index in [4.69, 9.17) is 0 Å². The van der Waals surface area contributed by atoms with E-state index in [2.05, 4.69) is 15.5 Å². The number of H-pyrrole nitrogens is 1. The van der Waals surface area contributed by atoms with E-state index in [0.29, 0.717) is 17.4 Å². The zero-order valence-corrected chi connectivity index (χ0v) is 16.8. The number of nitrogens with one attached hydrogen (secondary N) is 2. The average molecular weight is 391 g/mol. The van der Waals surface area contributed by atoms with Gasteiger partial charge in [0.2, 0.25) is 11.8 Å². The minimum Gasteiger partial charge on any atom is -0.335 e. The fourth-order valence-electron chi connectivity index (χ4n) is 2.46. The lowest BCUT2D eigenvalue weighted by Crippen LogP contribution is -2.39. The fourth-order valence-corrected chi connectivity index (χ4v) is 3.46. The van der Waals surface area contributed by atoms with Crippen molar-refractivity contribution < 1.29 is 9.59 Å². The van der Waals surface area contributed by atoms with E-state index in [1.54, 1.807) is 14.0 Å². The van der Waals surface area contributed by atoms with E-state index in [-0.39, 0.29) is 24.0 Å². The highest BCUT2D eigenvalue weighted by Gasteiger charge is 2.23. The van der Waals surface area contributed by atoms with E-state index in [9.17, 15) is 14.4 Å². The van der Waals surface area contributed by atoms with E-state index < -0.39 is 5.25 Å². The second-order valence-corrected chi connectivity index (χ2v) is 7.64. The summed E-state index contributed by atoms with van der Waals surface area (Å²) in [5.41, 5.74) is 1.50. The Labute approximate surface area is 162 Å². The van der Waals surface area contributed by atoms with Crippen molar-refractivity contribution in [3.05, 3.63) is 40.3 Å². The molecule has 0 spiro atoms. The highest BCUT2D eigenvalue weighted by Crippen LogP contribution is 2.21. The van der Waals surface area contributed by atoms with Gasteiger partial charge in [0.05, 0.1) is 11.8 Å². The number of hydrogen-bond acceptors (Lipinski definition) is 5. The third kappa shape index (κ3) is 5.72. The average Bonchev–Trinajstić information content (AvgIpc) is 2.96. The Morgan fingerprint density at radius 1 is 1.33 bits per heavy atom. The van der Waals surface area contributed by atoms with Crippen LogP contribution >= 0.6 is 11.8 Å². The van der Waals surface area contributed by atoms with Crippen LogP contribution < -0.4 is 11.0 Å². The third-order valence-electron chi connectivity index (χ3n) is 3.89. The molecule has 146 valence electrons. The van der Waals surface area contributed by atoms with Crippen molar-refractivity contribution in [1.29, 1.82) is 0 Å². The summed E-state index contributed by atoms with van der Waals surface area (Å²) in [6, 6.07) is 7.45. The van der Waals surface area contributed by atoms with Crippen LogP contribution in [0, 0.1) is 6.92 Å². The summed E-state index contributed by atoms with van der Waals surface area (Å²) in [6.45, 7) is 6.14. The highest BCUT2D eigenvalue weighted by atomic mass is 32.2. The van der Waals surface area contributed by atoms with Crippen LogP contribution in [0.15, 0.2) is 34.2 Å². The van der Waals surface area contributed by atoms with Crippen molar-refractivity contribution in [3.8, 4) is 0 Å². The van der Waals surface area contributed by atoms with Gasteiger partial charge in [-0.2, -0.15) is 0 Å². The first-order valence-corrected chi connectivity index (χ1v) is 9.63. The number of anilines is 1. The summed E-state index contributed by atoms with van der Waals surface area (Å²) in [4.78, 5) is 37.8. The van der Waals surface area contributed by atoms with Crippen LogP contribution in [0.5, 0.6) is 0 Å². The fraction of sp³-hybridized carbons (Fsp3) is 0.444. The Morgan fingerprint density at radius 3 is 2.63 bits per heavy atom. The molecule has 0 saturated heterocycles. The molecule has 2 amide bonds. The van der Waals surface area contributed by atoms with Crippen LogP contribution in [0.2, 0.25) is 0 Å². The Hall–Kier alpha value is -2.55. The van der Waals surface area contributed by atoms with Gasteiger partial charge in [0.1, 0.15) is 0 Å². The first kappa shape index (κ1) is 20.8. The number of aromatic amines is 1. The van der Waals surface area contributed by atoms with Crippen LogP contribution in [-0.4, -0.2) is 50.3 Å². The molecule has 0 aliphatic rings. The van der Waals surface area contributed by atoms with Crippen molar-refractivity contribution in [3.63, 3.8) is 0 Å². The first-order chi connectivity index (χ1) is 12.8. The number of thioether (sulfide) groups is 1. The summed E-state index contributed by atoms with van der Waals surface area (Å²) >= 11 is 1.20.